The molecule has 0 saturated heterocycles. The highest BCUT2D eigenvalue weighted by Crippen LogP contribution is 2.25. The summed E-state index contributed by atoms with van der Waals surface area (Å²) in [5.41, 5.74) is 1.05. The van der Waals surface area contributed by atoms with Gasteiger partial charge in [0.2, 0.25) is 0 Å². The average molecular weight is 265 g/mol. The minimum Gasteiger partial charge on any atom is -0.507 e. The lowest BCUT2D eigenvalue weighted by atomic mass is 10.0. The lowest BCUT2D eigenvalue weighted by molar-refractivity contribution is 0.317. The quantitative estimate of drug-likeness (QED) is 0.324. The van der Waals surface area contributed by atoms with Gasteiger partial charge in [0.05, 0.1) is 12.8 Å². The molecule has 0 radical (unpaired) electrons. The van der Waals surface area contributed by atoms with Crippen LogP contribution in [0.3, 0.4) is 0 Å². The van der Waals surface area contributed by atoms with Crippen molar-refractivity contribution in [2.75, 3.05) is 7.11 Å². The zero-order valence-electron chi connectivity index (χ0n) is 11.7. The summed E-state index contributed by atoms with van der Waals surface area (Å²) in [6.45, 7) is 2.18. The van der Waals surface area contributed by atoms with Gasteiger partial charge in [-0.25, -0.2) is 0 Å². The van der Waals surface area contributed by atoms with Crippen LogP contribution >= 0.6 is 0 Å². The van der Waals surface area contributed by atoms with E-state index in [0.29, 0.717) is 23.4 Å². The first-order chi connectivity index (χ1) is 9.22. The molecular formula is C15H23NO3. The van der Waals surface area contributed by atoms with E-state index in [1.165, 1.54) is 19.3 Å². The van der Waals surface area contributed by atoms with E-state index in [4.69, 9.17) is 9.94 Å². The minimum atomic E-state index is 0.113. The zero-order chi connectivity index (χ0) is 14.1. The second-order valence-electron chi connectivity index (χ2n) is 4.59. The SMILES string of the molecule is CCCCCCC/C(=N/O)c1cc(OC)ccc1O. The van der Waals surface area contributed by atoms with Crippen LogP contribution in [0.15, 0.2) is 23.4 Å². The molecule has 1 rings (SSSR count). The van der Waals surface area contributed by atoms with Crippen molar-refractivity contribution in [1.29, 1.82) is 0 Å². The van der Waals surface area contributed by atoms with Gasteiger partial charge >= 0.3 is 0 Å². The van der Waals surface area contributed by atoms with Gasteiger partial charge in [0, 0.05) is 5.56 Å². The molecule has 0 aliphatic rings. The van der Waals surface area contributed by atoms with E-state index in [9.17, 15) is 5.11 Å². The lowest BCUT2D eigenvalue weighted by Gasteiger charge is -2.09. The summed E-state index contributed by atoms with van der Waals surface area (Å²) in [5, 5.41) is 22.2. The number of hydrogen-bond acceptors (Lipinski definition) is 4. The Bertz CT molecular complexity index is 416. The van der Waals surface area contributed by atoms with E-state index in [0.717, 1.165) is 12.8 Å². The van der Waals surface area contributed by atoms with Gasteiger partial charge in [-0.15, -0.1) is 0 Å². The molecule has 0 heterocycles. The van der Waals surface area contributed by atoms with E-state index in [2.05, 4.69) is 12.1 Å². The lowest BCUT2D eigenvalue weighted by Crippen LogP contribution is -2.02. The van der Waals surface area contributed by atoms with Crippen LogP contribution in [0.25, 0.3) is 0 Å². The number of rotatable bonds is 8. The fraction of sp³-hybridized carbons (Fsp3) is 0.533. The van der Waals surface area contributed by atoms with Crippen LogP contribution in [0.4, 0.5) is 0 Å². The molecule has 106 valence electrons. The third kappa shape index (κ3) is 4.81. The molecule has 0 bridgehead atoms. The Morgan fingerprint density at radius 1 is 1.21 bits per heavy atom. The predicted molar refractivity (Wildman–Crippen MR) is 76.4 cm³/mol. The number of unbranched alkanes of at least 4 members (excludes halogenated alkanes) is 4. The third-order valence-electron chi connectivity index (χ3n) is 3.15. The molecule has 4 heteroatoms. The maximum Gasteiger partial charge on any atom is 0.125 e. The average Bonchev–Trinajstić information content (AvgIpc) is 2.44. The summed E-state index contributed by atoms with van der Waals surface area (Å²) in [6, 6.07) is 4.92. The first-order valence-corrected chi connectivity index (χ1v) is 6.81. The summed E-state index contributed by atoms with van der Waals surface area (Å²) in [5.74, 6) is 0.752. The number of aromatic hydroxyl groups is 1. The van der Waals surface area contributed by atoms with Crippen molar-refractivity contribution in [2.45, 2.75) is 45.4 Å². The monoisotopic (exact) mass is 265 g/mol. The third-order valence-corrected chi connectivity index (χ3v) is 3.15. The van der Waals surface area contributed by atoms with Crippen LogP contribution in [-0.2, 0) is 0 Å². The number of ether oxygens (including phenoxy) is 1. The maximum atomic E-state index is 9.83. The molecule has 19 heavy (non-hydrogen) atoms. The molecule has 0 saturated carbocycles. The van der Waals surface area contributed by atoms with Gasteiger partial charge in [0.15, 0.2) is 0 Å². The van der Waals surface area contributed by atoms with Crippen LogP contribution < -0.4 is 4.74 Å². The van der Waals surface area contributed by atoms with Crippen molar-refractivity contribution >= 4 is 5.71 Å². The van der Waals surface area contributed by atoms with E-state index < -0.39 is 0 Å². The van der Waals surface area contributed by atoms with Crippen LogP contribution in [0.5, 0.6) is 11.5 Å². The summed E-state index contributed by atoms with van der Waals surface area (Å²) < 4.78 is 5.11. The number of phenolic OH excluding ortho intramolecular Hbond substituents is 1. The predicted octanol–water partition coefficient (Wildman–Crippen LogP) is 3.94. The highest BCUT2D eigenvalue weighted by molar-refractivity contribution is 6.02. The summed E-state index contributed by atoms with van der Waals surface area (Å²) in [6.07, 6.45) is 6.35. The normalized spacial score (nSPS) is 11.6. The molecule has 0 fully saturated rings. The Labute approximate surface area is 114 Å². The molecule has 1 aromatic carbocycles. The number of hydrogen-bond donors (Lipinski definition) is 2. The van der Waals surface area contributed by atoms with E-state index in [1.54, 1.807) is 25.3 Å². The minimum absolute atomic E-state index is 0.113. The molecule has 0 atom stereocenters. The molecule has 0 aliphatic heterocycles. The fourth-order valence-corrected chi connectivity index (χ4v) is 2.01. The topological polar surface area (TPSA) is 62.1 Å². The Morgan fingerprint density at radius 2 is 1.95 bits per heavy atom. The van der Waals surface area contributed by atoms with Gasteiger partial charge < -0.3 is 15.1 Å². The van der Waals surface area contributed by atoms with Crippen molar-refractivity contribution in [3.05, 3.63) is 23.8 Å². The largest absolute Gasteiger partial charge is 0.507 e. The van der Waals surface area contributed by atoms with Gasteiger partial charge in [-0.2, -0.15) is 0 Å². The van der Waals surface area contributed by atoms with Crippen LogP contribution in [-0.4, -0.2) is 23.1 Å². The van der Waals surface area contributed by atoms with Crippen molar-refractivity contribution in [1.82, 2.24) is 0 Å². The second-order valence-corrected chi connectivity index (χ2v) is 4.59. The molecule has 0 unspecified atom stereocenters. The Kier molecular flexibility index (Phi) is 6.79. The summed E-state index contributed by atoms with van der Waals surface area (Å²) >= 11 is 0. The Morgan fingerprint density at radius 3 is 2.58 bits per heavy atom. The zero-order valence-corrected chi connectivity index (χ0v) is 11.7. The van der Waals surface area contributed by atoms with Crippen molar-refractivity contribution in [3.8, 4) is 11.5 Å². The molecule has 0 aliphatic carbocycles. The highest BCUT2D eigenvalue weighted by Gasteiger charge is 2.11. The van der Waals surface area contributed by atoms with Gasteiger partial charge in [-0.3, -0.25) is 0 Å². The van der Waals surface area contributed by atoms with E-state index in [1.807, 2.05) is 0 Å². The standard InChI is InChI=1S/C15H23NO3/c1-3-4-5-6-7-8-14(16-18)13-11-12(19-2)9-10-15(13)17/h9-11,17-18H,3-8H2,1-2H3/b16-14-. The first-order valence-electron chi connectivity index (χ1n) is 6.81. The van der Waals surface area contributed by atoms with Gasteiger partial charge in [-0.1, -0.05) is 37.8 Å². The smallest absolute Gasteiger partial charge is 0.125 e. The number of oxime groups is 1. The number of phenols is 1. The van der Waals surface area contributed by atoms with E-state index in [-0.39, 0.29) is 5.75 Å². The number of methoxy groups -OCH3 is 1. The molecule has 0 aromatic heterocycles. The summed E-state index contributed by atoms with van der Waals surface area (Å²) in [7, 11) is 1.57. The molecule has 2 N–H and O–H groups in total. The fourth-order valence-electron chi connectivity index (χ4n) is 2.01. The maximum absolute atomic E-state index is 9.83. The van der Waals surface area contributed by atoms with Gasteiger partial charge in [0.1, 0.15) is 11.5 Å². The van der Waals surface area contributed by atoms with E-state index >= 15 is 0 Å². The van der Waals surface area contributed by atoms with Crippen LogP contribution in [0, 0.1) is 0 Å². The Hall–Kier alpha value is -1.71. The molecule has 1 aromatic rings. The van der Waals surface area contributed by atoms with Gasteiger partial charge in [-0.05, 0) is 31.0 Å². The van der Waals surface area contributed by atoms with Crippen LogP contribution in [0.2, 0.25) is 0 Å². The van der Waals surface area contributed by atoms with Crippen molar-refractivity contribution < 1.29 is 15.1 Å². The van der Waals surface area contributed by atoms with Gasteiger partial charge in [0.25, 0.3) is 0 Å². The molecule has 0 amide bonds. The van der Waals surface area contributed by atoms with Crippen LogP contribution in [0.1, 0.15) is 51.0 Å². The number of nitrogens with zero attached hydrogens (tertiary/aromatic N) is 1. The first kappa shape index (κ1) is 15.3. The van der Waals surface area contributed by atoms with Crippen molar-refractivity contribution in [3.63, 3.8) is 0 Å². The number of benzene rings is 1. The molecule has 0 spiro atoms. The highest BCUT2D eigenvalue weighted by atomic mass is 16.5. The Balaban J connectivity index is 2.64. The second kappa shape index (κ2) is 8.40. The van der Waals surface area contributed by atoms with Crippen molar-refractivity contribution in [2.24, 2.45) is 5.16 Å². The molecule has 4 nitrogen and oxygen atoms in total. The summed E-state index contributed by atoms with van der Waals surface area (Å²) in [4.78, 5) is 0. The molecular weight excluding hydrogens is 242 g/mol.